The Hall–Kier alpha value is -1.51. The molecule has 0 aliphatic rings. The lowest BCUT2D eigenvalue weighted by atomic mass is 10.0. The first-order valence-corrected chi connectivity index (χ1v) is 6.28. The van der Waals surface area contributed by atoms with Gasteiger partial charge in [0.1, 0.15) is 12.4 Å². The zero-order valence-electron chi connectivity index (χ0n) is 10.3. The minimum atomic E-state index is 0.519. The number of ether oxygens (including phenoxy) is 1. The van der Waals surface area contributed by atoms with Gasteiger partial charge in [-0.3, -0.25) is 0 Å². The van der Waals surface area contributed by atoms with Gasteiger partial charge in [-0.25, -0.2) is 0 Å². The fourth-order valence-corrected chi connectivity index (χ4v) is 2.12. The first kappa shape index (κ1) is 12.9. The van der Waals surface area contributed by atoms with Gasteiger partial charge in [-0.1, -0.05) is 35.9 Å². The number of aryl methyl sites for hydroxylation is 1. The summed E-state index contributed by atoms with van der Waals surface area (Å²) in [6.45, 7) is 3.10. The number of hydrogen-bond acceptors (Lipinski definition) is 2. The maximum Gasteiger partial charge on any atom is 0.119 e. The van der Waals surface area contributed by atoms with E-state index in [0.29, 0.717) is 13.2 Å². The van der Waals surface area contributed by atoms with Crippen LogP contribution in [-0.4, -0.2) is 13.2 Å². The average molecular weight is 262 g/mol. The van der Waals surface area contributed by atoms with Crippen LogP contribution in [0, 0.1) is 6.92 Å². The maximum absolute atomic E-state index is 6.21. The topological polar surface area (TPSA) is 35.2 Å². The number of nitrogens with two attached hydrogens (primary N) is 1. The van der Waals surface area contributed by atoms with Crippen LogP contribution in [0.15, 0.2) is 42.5 Å². The number of benzene rings is 2. The second-order valence-corrected chi connectivity index (χ2v) is 4.50. The highest BCUT2D eigenvalue weighted by molar-refractivity contribution is 6.33. The summed E-state index contributed by atoms with van der Waals surface area (Å²) in [5.41, 5.74) is 8.72. The second kappa shape index (κ2) is 5.89. The minimum absolute atomic E-state index is 0.519. The third-order valence-corrected chi connectivity index (χ3v) is 3.08. The van der Waals surface area contributed by atoms with Crippen LogP contribution in [0.3, 0.4) is 0 Å². The van der Waals surface area contributed by atoms with Crippen LogP contribution in [-0.2, 0) is 0 Å². The van der Waals surface area contributed by atoms with Crippen molar-refractivity contribution < 1.29 is 4.74 Å². The fourth-order valence-electron chi connectivity index (χ4n) is 1.88. The highest BCUT2D eigenvalue weighted by Gasteiger charge is 2.06. The molecule has 2 N–H and O–H groups in total. The van der Waals surface area contributed by atoms with Gasteiger partial charge in [-0.15, -0.1) is 0 Å². The zero-order valence-corrected chi connectivity index (χ0v) is 11.1. The van der Waals surface area contributed by atoms with Crippen molar-refractivity contribution in [2.24, 2.45) is 5.73 Å². The second-order valence-electron chi connectivity index (χ2n) is 4.09. The van der Waals surface area contributed by atoms with Crippen molar-refractivity contribution in [1.29, 1.82) is 0 Å². The lowest BCUT2D eigenvalue weighted by molar-refractivity contribution is 0.328. The molecule has 0 amide bonds. The van der Waals surface area contributed by atoms with Crippen LogP contribution < -0.4 is 10.5 Å². The van der Waals surface area contributed by atoms with Gasteiger partial charge in [0.05, 0.1) is 0 Å². The molecule has 0 aromatic heterocycles. The first-order valence-electron chi connectivity index (χ1n) is 5.91. The zero-order chi connectivity index (χ0) is 13.0. The molecule has 3 heteroatoms. The van der Waals surface area contributed by atoms with E-state index in [2.05, 4.69) is 0 Å². The molecule has 0 bridgehead atoms. The molecule has 0 aliphatic carbocycles. The van der Waals surface area contributed by atoms with E-state index in [1.807, 2.05) is 49.4 Å². The van der Waals surface area contributed by atoms with Gasteiger partial charge in [-0.2, -0.15) is 0 Å². The first-order chi connectivity index (χ1) is 8.72. The van der Waals surface area contributed by atoms with Crippen LogP contribution in [0.2, 0.25) is 5.02 Å². The van der Waals surface area contributed by atoms with E-state index < -0.39 is 0 Å². The standard InChI is InChI=1S/C15H16ClNO/c1-11-10-12(18-9-8-17)6-7-13(11)14-4-2-3-5-15(14)16/h2-7,10H,8-9,17H2,1H3. The molecule has 2 nitrogen and oxygen atoms in total. The van der Waals surface area contributed by atoms with E-state index in [1.54, 1.807) is 0 Å². The molecule has 0 aliphatic heterocycles. The molecule has 0 saturated heterocycles. The van der Waals surface area contributed by atoms with Crippen molar-refractivity contribution >= 4 is 11.6 Å². The monoisotopic (exact) mass is 261 g/mol. The van der Waals surface area contributed by atoms with Crippen LogP contribution in [0.4, 0.5) is 0 Å². The Bertz CT molecular complexity index is 540. The third-order valence-electron chi connectivity index (χ3n) is 2.75. The van der Waals surface area contributed by atoms with Crippen molar-refractivity contribution in [1.82, 2.24) is 0 Å². The summed E-state index contributed by atoms with van der Waals surface area (Å²) in [6.07, 6.45) is 0. The average Bonchev–Trinajstić information content (AvgIpc) is 2.38. The predicted molar refractivity (Wildman–Crippen MR) is 76.2 cm³/mol. The van der Waals surface area contributed by atoms with Gasteiger partial charge in [0.25, 0.3) is 0 Å². The summed E-state index contributed by atoms with van der Waals surface area (Å²) in [7, 11) is 0. The molecule has 2 rings (SSSR count). The van der Waals surface area contributed by atoms with E-state index in [9.17, 15) is 0 Å². The molecule has 0 heterocycles. The van der Waals surface area contributed by atoms with Crippen LogP contribution >= 0.6 is 11.6 Å². The highest BCUT2D eigenvalue weighted by Crippen LogP contribution is 2.31. The Kier molecular flexibility index (Phi) is 4.24. The molecule has 2 aromatic carbocycles. The summed E-state index contributed by atoms with van der Waals surface area (Å²) in [5, 5.41) is 0.760. The Labute approximate surface area is 112 Å². The maximum atomic E-state index is 6.21. The number of hydrogen-bond donors (Lipinski definition) is 1. The van der Waals surface area contributed by atoms with Gasteiger partial charge in [0, 0.05) is 17.1 Å². The SMILES string of the molecule is Cc1cc(OCCN)ccc1-c1ccccc1Cl. The Morgan fingerprint density at radius 3 is 2.56 bits per heavy atom. The van der Waals surface area contributed by atoms with Crippen LogP contribution in [0.5, 0.6) is 5.75 Å². The van der Waals surface area contributed by atoms with Crippen molar-refractivity contribution in [3.05, 3.63) is 53.1 Å². The Balaban J connectivity index is 2.33. The Morgan fingerprint density at radius 2 is 1.89 bits per heavy atom. The van der Waals surface area contributed by atoms with E-state index >= 15 is 0 Å². The summed E-state index contributed by atoms with van der Waals surface area (Å²) in [4.78, 5) is 0. The molecule has 18 heavy (non-hydrogen) atoms. The molecular weight excluding hydrogens is 246 g/mol. The van der Waals surface area contributed by atoms with Crippen molar-refractivity contribution in [2.45, 2.75) is 6.92 Å². The van der Waals surface area contributed by atoms with E-state index in [1.165, 1.54) is 0 Å². The van der Waals surface area contributed by atoms with Gasteiger partial charge < -0.3 is 10.5 Å². The smallest absolute Gasteiger partial charge is 0.119 e. The fraction of sp³-hybridized carbons (Fsp3) is 0.200. The summed E-state index contributed by atoms with van der Waals surface area (Å²) in [6, 6.07) is 13.8. The molecule has 0 fully saturated rings. The molecule has 2 aromatic rings. The lowest BCUT2D eigenvalue weighted by Gasteiger charge is -2.11. The molecule has 94 valence electrons. The molecule has 0 radical (unpaired) electrons. The van der Waals surface area contributed by atoms with Gasteiger partial charge in [0.15, 0.2) is 0 Å². The van der Waals surface area contributed by atoms with Crippen molar-refractivity contribution in [3.8, 4) is 16.9 Å². The molecule has 0 saturated carbocycles. The normalized spacial score (nSPS) is 10.4. The summed E-state index contributed by atoms with van der Waals surface area (Å²) < 4.78 is 5.50. The quantitative estimate of drug-likeness (QED) is 0.912. The van der Waals surface area contributed by atoms with Crippen molar-refractivity contribution in [2.75, 3.05) is 13.2 Å². The highest BCUT2D eigenvalue weighted by atomic mass is 35.5. The van der Waals surface area contributed by atoms with Gasteiger partial charge >= 0.3 is 0 Å². The molecular formula is C15H16ClNO. The van der Waals surface area contributed by atoms with Gasteiger partial charge in [0.2, 0.25) is 0 Å². The largest absolute Gasteiger partial charge is 0.492 e. The predicted octanol–water partition coefficient (Wildman–Crippen LogP) is 3.65. The van der Waals surface area contributed by atoms with Crippen LogP contribution in [0.1, 0.15) is 5.56 Å². The number of halogens is 1. The lowest BCUT2D eigenvalue weighted by Crippen LogP contribution is -2.10. The minimum Gasteiger partial charge on any atom is -0.492 e. The molecule has 0 spiro atoms. The van der Waals surface area contributed by atoms with E-state index in [0.717, 1.165) is 27.5 Å². The number of rotatable bonds is 4. The van der Waals surface area contributed by atoms with Crippen LogP contribution in [0.25, 0.3) is 11.1 Å². The van der Waals surface area contributed by atoms with Crippen molar-refractivity contribution in [3.63, 3.8) is 0 Å². The summed E-state index contributed by atoms with van der Waals surface area (Å²) >= 11 is 6.21. The third kappa shape index (κ3) is 2.84. The summed E-state index contributed by atoms with van der Waals surface area (Å²) in [5.74, 6) is 0.841. The Morgan fingerprint density at radius 1 is 1.11 bits per heavy atom. The van der Waals surface area contributed by atoms with Gasteiger partial charge in [-0.05, 0) is 36.2 Å². The molecule has 0 unspecified atom stereocenters. The van der Waals surface area contributed by atoms with E-state index in [4.69, 9.17) is 22.1 Å². The molecule has 0 atom stereocenters. The van der Waals surface area contributed by atoms with E-state index in [-0.39, 0.29) is 0 Å².